The van der Waals surface area contributed by atoms with Crippen LogP contribution >= 0.6 is 8.38 Å². The molecule has 0 saturated heterocycles. The highest BCUT2D eigenvalue weighted by molar-refractivity contribution is 7.47. The van der Waals surface area contributed by atoms with Gasteiger partial charge in [0.2, 0.25) is 0 Å². The molecule has 0 atom stereocenters. The van der Waals surface area contributed by atoms with E-state index >= 15 is 0 Å². The van der Waals surface area contributed by atoms with Crippen LogP contribution in [0.25, 0.3) is 0 Å². The molecular weight excluding hydrogens is 245 g/mol. The molecule has 0 fully saturated rings. The van der Waals surface area contributed by atoms with Gasteiger partial charge in [-0.25, -0.2) is 0 Å². The minimum atomic E-state index is -0.602. The maximum absolute atomic E-state index is 5.59. The molecular formula is C14H32NO2P. The molecule has 0 rings (SSSR count). The second kappa shape index (κ2) is 15.4. The number of hydrogen-bond donors (Lipinski definition) is 1. The van der Waals surface area contributed by atoms with E-state index in [4.69, 9.17) is 9.05 Å². The largest absolute Gasteiger partial charge is 0.334 e. The quantitative estimate of drug-likeness (QED) is 0.379. The van der Waals surface area contributed by atoms with Gasteiger partial charge in [0.25, 0.3) is 0 Å². The van der Waals surface area contributed by atoms with Crippen LogP contribution in [0.15, 0.2) is 0 Å². The maximum Gasteiger partial charge on any atom is 0.170 e. The van der Waals surface area contributed by atoms with Gasteiger partial charge in [-0.15, -0.1) is 0 Å². The SMILES string of the molecule is CCOP(CCCCCCCCCNC)OCC. The van der Waals surface area contributed by atoms with Crippen molar-refractivity contribution in [2.45, 2.75) is 58.8 Å². The molecule has 0 unspecified atom stereocenters. The molecule has 0 aliphatic rings. The van der Waals surface area contributed by atoms with Gasteiger partial charge in [0, 0.05) is 6.16 Å². The van der Waals surface area contributed by atoms with E-state index in [-0.39, 0.29) is 0 Å². The number of unbranched alkanes of at least 4 members (excludes halogenated alkanes) is 6. The number of hydrogen-bond acceptors (Lipinski definition) is 3. The molecule has 0 amide bonds. The van der Waals surface area contributed by atoms with Gasteiger partial charge in [0.05, 0.1) is 13.2 Å². The molecule has 0 bridgehead atoms. The molecule has 0 saturated carbocycles. The Kier molecular flexibility index (Phi) is 15.6. The van der Waals surface area contributed by atoms with Crippen molar-refractivity contribution in [2.75, 3.05) is 33.0 Å². The summed E-state index contributed by atoms with van der Waals surface area (Å²) in [5, 5.41) is 3.19. The first-order valence-corrected chi connectivity index (χ1v) is 8.89. The first-order valence-electron chi connectivity index (χ1n) is 7.53. The van der Waals surface area contributed by atoms with Crippen molar-refractivity contribution in [2.24, 2.45) is 0 Å². The summed E-state index contributed by atoms with van der Waals surface area (Å²) in [6.45, 7) is 6.79. The lowest BCUT2D eigenvalue weighted by atomic mass is 10.1. The summed E-state index contributed by atoms with van der Waals surface area (Å²) in [5.41, 5.74) is 0. The summed E-state index contributed by atoms with van der Waals surface area (Å²) in [7, 11) is 1.42. The molecule has 1 N–H and O–H groups in total. The van der Waals surface area contributed by atoms with Crippen molar-refractivity contribution >= 4 is 8.38 Å². The van der Waals surface area contributed by atoms with E-state index in [0.29, 0.717) is 0 Å². The lowest BCUT2D eigenvalue weighted by molar-refractivity contribution is 0.268. The van der Waals surface area contributed by atoms with E-state index in [1.807, 2.05) is 20.9 Å². The summed E-state index contributed by atoms with van der Waals surface area (Å²) < 4.78 is 11.2. The molecule has 0 heterocycles. The zero-order valence-corrected chi connectivity index (χ0v) is 13.4. The Morgan fingerprint density at radius 2 is 1.28 bits per heavy atom. The first-order chi connectivity index (χ1) is 8.85. The normalized spacial score (nSPS) is 11.3. The van der Waals surface area contributed by atoms with Crippen molar-refractivity contribution in [1.29, 1.82) is 0 Å². The third kappa shape index (κ3) is 12.8. The van der Waals surface area contributed by atoms with Gasteiger partial charge in [-0.2, -0.15) is 0 Å². The highest BCUT2D eigenvalue weighted by Gasteiger charge is 2.07. The van der Waals surface area contributed by atoms with Gasteiger partial charge >= 0.3 is 0 Å². The second-order valence-electron chi connectivity index (χ2n) is 4.47. The van der Waals surface area contributed by atoms with Crippen LogP contribution in [0.5, 0.6) is 0 Å². The van der Waals surface area contributed by atoms with Crippen LogP contribution < -0.4 is 5.32 Å². The summed E-state index contributed by atoms with van der Waals surface area (Å²) in [6.07, 6.45) is 10.5. The Morgan fingerprint density at radius 3 is 1.78 bits per heavy atom. The fourth-order valence-corrected chi connectivity index (χ4v) is 3.27. The molecule has 0 aliphatic heterocycles. The monoisotopic (exact) mass is 277 g/mol. The van der Waals surface area contributed by atoms with E-state index in [1.54, 1.807) is 0 Å². The van der Waals surface area contributed by atoms with E-state index < -0.39 is 8.38 Å². The lowest BCUT2D eigenvalue weighted by Crippen LogP contribution is -2.06. The molecule has 110 valence electrons. The third-order valence-corrected chi connectivity index (χ3v) is 4.59. The van der Waals surface area contributed by atoms with Gasteiger partial charge in [-0.1, -0.05) is 32.1 Å². The smallest absolute Gasteiger partial charge is 0.170 e. The topological polar surface area (TPSA) is 30.5 Å². The summed E-state index contributed by atoms with van der Waals surface area (Å²) >= 11 is 0. The van der Waals surface area contributed by atoms with Crippen molar-refractivity contribution in [1.82, 2.24) is 5.32 Å². The van der Waals surface area contributed by atoms with E-state index in [2.05, 4.69) is 5.32 Å². The molecule has 0 radical (unpaired) electrons. The zero-order valence-electron chi connectivity index (χ0n) is 12.5. The third-order valence-electron chi connectivity index (χ3n) is 2.81. The highest BCUT2D eigenvalue weighted by atomic mass is 31.2. The molecule has 0 aromatic carbocycles. The minimum Gasteiger partial charge on any atom is -0.334 e. The van der Waals surface area contributed by atoms with E-state index in [0.717, 1.165) is 25.9 Å². The Labute approximate surface area is 115 Å². The zero-order chi connectivity index (χ0) is 13.5. The van der Waals surface area contributed by atoms with Crippen LogP contribution in [-0.4, -0.2) is 33.0 Å². The van der Waals surface area contributed by atoms with E-state index in [9.17, 15) is 0 Å². The highest BCUT2D eigenvalue weighted by Crippen LogP contribution is 2.38. The van der Waals surface area contributed by atoms with Crippen LogP contribution in [0.2, 0.25) is 0 Å². The van der Waals surface area contributed by atoms with Crippen molar-refractivity contribution in [3.05, 3.63) is 0 Å². The van der Waals surface area contributed by atoms with Crippen LogP contribution in [0.1, 0.15) is 58.8 Å². The Morgan fingerprint density at radius 1 is 0.778 bits per heavy atom. The van der Waals surface area contributed by atoms with Crippen LogP contribution in [0.4, 0.5) is 0 Å². The van der Waals surface area contributed by atoms with Gasteiger partial charge in [0.1, 0.15) is 0 Å². The number of rotatable bonds is 14. The number of nitrogens with one attached hydrogen (secondary N) is 1. The van der Waals surface area contributed by atoms with Crippen molar-refractivity contribution in [3.63, 3.8) is 0 Å². The molecule has 0 aliphatic carbocycles. The summed E-state index contributed by atoms with van der Waals surface area (Å²) in [4.78, 5) is 0. The van der Waals surface area contributed by atoms with Crippen molar-refractivity contribution in [3.8, 4) is 0 Å². The summed E-state index contributed by atoms with van der Waals surface area (Å²) in [6, 6.07) is 0. The molecule has 18 heavy (non-hydrogen) atoms. The van der Waals surface area contributed by atoms with Gasteiger partial charge in [-0.05, 0) is 40.3 Å². The van der Waals surface area contributed by atoms with Crippen LogP contribution in [-0.2, 0) is 9.05 Å². The van der Waals surface area contributed by atoms with Gasteiger partial charge < -0.3 is 14.4 Å². The van der Waals surface area contributed by atoms with Gasteiger partial charge in [0.15, 0.2) is 8.38 Å². The fourth-order valence-electron chi connectivity index (χ4n) is 1.88. The van der Waals surface area contributed by atoms with Gasteiger partial charge in [-0.3, -0.25) is 0 Å². The Balaban J connectivity index is 3.21. The molecule has 0 aromatic rings. The second-order valence-corrected chi connectivity index (χ2v) is 6.10. The average Bonchev–Trinajstić information content (AvgIpc) is 2.37. The maximum atomic E-state index is 5.59. The first kappa shape index (κ1) is 18.3. The van der Waals surface area contributed by atoms with Crippen molar-refractivity contribution < 1.29 is 9.05 Å². The molecule has 4 heteroatoms. The predicted octanol–water partition coefficient (Wildman–Crippen LogP) is 4.32. The predicted molar refractivity (Wildman–Crippen MR) is 81.3 cm³/mol. The average molecular weight is 277 g/mol. The molecule has 3 nitrogen and oxygen atoms in total. The molecule has 0 spiro atoms. The Hall–Kier alpha value is 0.310. The standard InChI is InChI=1S/C14H32NO2P/c1-4-16-18(17-5-2)14-12-10-8-6-7-9-11-13-15-3/h15H,4-14H2,1-3H3. The molecule has 0 aromatic heterocycles. The van der Waals surface area contributed by atoms with E-state index in [1.165, 1.54) is 44.9 Å². The van der Waals surface area contributed by atoms with Crippen LogP contribution in [0.3, 0.4) is 0 Å². The minimum absolute atomic E-state index is 0.602. The Bertz CT molecular complexity index is 153. The van der Waals surface area contributed by atoms with Crippen LogP contribution in [0, 0.1) is 0 Å². The lowest BCUT2D eigenvalue weighted by Gasteiger charge is -2.15. The summed E-state index contributed by atoms with van der Waals surface area (Å²) in [5.74, 6) is 0. The fraction of sp³-hybridized carbons (Fsp3) is 1.00.